The van der Waals surface area contributed by atoms with Crippen molar-refractivity contribution in [3.05, 3.63) is 84.1 Å². The van der Waals surface area contributed by atoms with E-state index < -0.39 is 0 Å². The van der Waals surface area contributed by atoms with Crippen LogP contribution < -0.4 is 10.6 Å². The van der Waals surface area contributed by atoms with Crippen molar-refractivity contribution in [3.63, 3.8) is 0 Å². The van der Waals surface area contributed by atoms with Crippen LogP contribution in [0.2, 0.25) is 0 Å². The van der Waals surface area contributed by atoms with E-state index in [0.717, 1.165) is 34.1 Å². The zero-order valence-electron chi connectivity index (χ0n) is 17.7. The Labute approximate surface area is 180 Å². The third kappa shape index (κ3) is 4.33. The summed E-state index contributed by atoms with van der Waals surface area (Å²) >= 11 is 0. The summed E-state index contributed by atoms with van der Waals surface area (Å²) in [5.74, 6) is 0.543. The monoisotopic (exact) mass is 412 g/mol. The number of hydrogen-bond donors (Lipinski definition) is 2. The normalized spacial score (nSPS) is 11.3. The summed E-state index contributed by atoms with van der Waals surface area (Å²) in [5, 5.41) is 12.6. The molecule has 1 aromatic heterocycles. The molecule has 0 bridgehead atoms. The maximum absolute atomic E-state index is 12.9. The zero-order chi connectivity index (χ0) is 22.0. The number of rotatable bonds is 4. The fourth-order valence-corrected chi connectivity index (χ4v) is 3.33. The second kappa shape index (κ2) is 8.07. The first kappa shape index (κ1) is 20.3. The van der Waals surface area contributed by atoms with E-state index in [-0.39, 0.29) is 11.4 Å². The van der Waals surface area contributed by atoms with Gasteiger partial charge in [-0.1, -0.05) is 57.2 Å². The standard InChI is InChI=1S/C25H24N4O2/c1-25(2,3)22-15-23(29(28-22)19-13-11-17(16-30)12-14-19)27-24(31)26-21-10-6-8-18-7-4-5-9-20(18)21/h4-16H,1-3H3,(H2,26,27,31). The Balaban J connectivity index is 1.65. The van der Waals surface area contributed by atoms with Crippen LogP contribution in [0.3, 0.4) is 0 Å². The first-order valence-corrected chi connectivity index (χ1v) is 10.1. The third-order valence-corrected chi connectivity index (χ3v) is 5.03. The highest BCUT2D eigenvalue weighted by Gasteiger charge is 2.21. The SMILES string of the molecule is CC(C)(C)c1cc(NC(=O)Nc2cccc3ccccc23)n(-c2ccc(C=O)cc2)n1. The number of fused-ring (bicyclic) bond motifs is 1. The molecule has 0 atom stereocenters. The first-order chi connectivity index (χ1) is 14.8. The van der Waals surface area contributed by atoms with Gasteiger partial charge < -0.3 is 5.32 Å². The summed E-state index contributed by atoms with van der Waals surface area (Å²) < 4.78 is 1.68. The lowest BCUT2D eigenvalue weighted by molar-refractivity contribution is 0.112. The Bertz CT molecular complexity index is 1250. The van der Waals surface area contributed by atoms with Gasteiger partial charge in [-0.2, -0.15) is 5.10 Å². The molecular weight excluding hydrogens is 388 g/mol. The number of aldehydes is 1. The molecule has 156 valence electrons. The minimum atomic E-state index is -0.359. The molecule has 0 aliphatic heterocycles. The highest BCUT2D eigenvalue weighted by Crippen LogP contribution is 2.27. The van der Waals surface area contributed by atoms with Gasteiger partial charge in [0.2, 0.25) is 0 Å². The van der Waals surface area contributed by atoms with Crippen molar-refractivity contribution in [2.75, 3.05) is 10.6 Å². The number of aromatic nitrogens is 2. The number of nitrogens with zero attached hydrogens (tertiary/aromatic N) is 2. The smallest absolute Gasteiger partial charge is 0.307 e. The summed E-state index contributed by atoms with van der Waals surface area (Å²) in [6.45, 7) is 6.19. The molecule has 0 aliphatic rings. The Hall–Kier alpha value is -3.93. The fourth-order valence-electron chi connectivity index (χ4n) is 3.33. The zero-order valence-corrected chi connectivity index (χ0v) is 17.7. The molecule has 0 saturated carbocycles. The van der Waals surface area contributed by atoms with Gasteiger partial charge >= 0.3 is 6.03 Å². The van der Waals surface area contributed by atoms with Crippen LogP contribution in [0.15, 0.2) is 72.8 Å². The molecule has 0 aliphatic carbocycles. The quantitative estimate of drug-likeness (QED) is 0.417. The average Bonchev–Trinajstić information content (AvgIpc) is 3.18. The Morgan fingerprint density at radius 1 is 0.935 bits per heavy atom. The molecule has 0 radical (unpaired) electrons. The van der Waals surface area contributed by atoms with E-state index in [9.17, 15) is 9.59 Å². The van der Waals surface area contributed by atoms with Gasteiger partial charge in [-0.3, -0.25) is 10.1 Å². The van der Waals surface area contributed by atoms with Crippen molar-refractivity contribution < 1.29 is 9.59 Å². The van der Waals surface area contributed by atoms with Crippen LogP contribution in [0.4, 0.5) is 16.3 Å². The average molecular weight is 412 g/mol. The van der Waals surface area contributed by atoms with E-state index in [2.05, 4.69) is 31.4 Å². The maximum Gasteiger partial charge on any atom is 0.324 e. The number of anilines is 2. The molecule has 4 rings (SSSR count). The molecule has 2 amide bonds. The number of carbonyl (C=O) groups is 2. The van der Waals surface area contributed by atoms with Crippen molar-refractivity contribution >= 4 is 34.6 Å². The Morgan fingerprint density at radius 3 is 2.35 bits per heavy atom. The fraction of sp³-hybridized carbons (Fsp3) is 0.160. The topological polar surface area (TPSA) is 76.0 Å². The molecule has 6 nitrogen and oxygen atoms in total. The Kier molecular flexibility index (Phi) is 5.29. The maximum atomic E-state index is 12.9. The van der Waals surface area contributed by atoms with Crippen LogP contribution in [-0.2, 0) is 5.41 Å². The number of hydrogen-bond acceptors (Lipinski definition) is 3. The van der Waals surface area contributed by atoms with E-state index in [1.807, 2.05) is 48.5 Å². The number of nitrogens with one attached hydrogen (secondary N) is 2. The van der Waals surface area contributed by atoms with Crippen molar-refractivity contribution in [2.45, 2.75) is 26.2 Å². The lowest BCUT2D eigenvalue weighted by atomic mass is 9.92. The van der Waals surface area contributed by atoms with Crippen molar-refractivity contribution in [1.29, 1.82) is 0 Å². The minimum Gasteiger partial charge on any atom is -0.307 e. The highest BCUT2D eigenvalue weighted by atomic mass is 16.2. The molecule has 2 N–H and O–H groups in total. The summed E-state index contributed by atoms with van der Waals surface area (Å²) in [6, 6.07) is 22.2. The number of carbonyl (C=O) groups excluding carboxylic acids is 2. The molecule has 6 heteroatoms. The van der Waals surface area contributed by atoms with Gasteiger partial charge in [0.1, 0.15) is 12.1 Å². The third-order valence-electron chi connectivity index (χ3n) is 5.03. The second-order valence-electron chi connectivity index (χ2n) is 8.39. The molecule has 3 aromatic carbocycles. The summed E-state index contributed by atoms with van der Waals surface area (Å²) in [6.07, 6.45) is 0.796. The predicted octanol–water partition coefficient (Wildman–Crippen LogP) is 5.78. The van der Waals surface area contributed by atoms with Crippen LogP contribution in [0.1, 0.15) is 36.8 Å². The largest absolute Gasteiger partial charge is 0.324 e. The summed E-state index contributed by atoms with van der Waals surface area (Å²) in [4.78, 5) is 23.8. The van der Waals surface area contributed by atoms with Crippen molar-refractivity contribution in [3.8, 4) is 5.69 Å². The molecule has 0 saturated heterocycles. The van der Waals surface area contributed by atoms with Gasteiger partial charge in [-0.05, 0) is 35.7 Å². The minimum absolute atomic E-state index is 0.198. The van der Waals surface area contributed by atoms with Gasteiger partial charge in [-0.15, -0.1) is 0 Å². The van der Waals surface area contributed by atoms with Crippen LogP contribution >= 0.6 is 0 Å². The van der Waals surface area contributed by atoms with Gasteiger partial charge in [0.05, 0.1) is 17.1 Å². The van der Waals surface area contributed by atoms with Crippen LogP contribution in [0.5, 0.6) is 0 Å². The van der Waals surface area contributed by atoms with Crippen LogP contribution in [0.25, 0.3) is 16.5 Å². The predicted molar refractivity (Wildman–Crippen MR) is 124 cm³/mol. The molecule has 1 heterocycles. The van der Waals surface area contributed by atoms with E-state index in [1.54, 1.807) is 28.9 Å². The van der Waals surface area contributed by atoms with Gasteiger partial charge in [0, 0.05) is 22.4 Å². The van der Waals surface area contributed by atoms with E-state index in [1.165, 1.54) is 0 Å². The number of urea groups is 1. The van der Waals surface area contributed by atoms with Crippen molar-refractivity contribution in [1.82, 2.24) is 9.78 Å². The van der Waals surface area contributed by atoms with Gasteiger partial charge in [-0.25, -0.2) is 9.48 Å². The summed E-state index contributed by atoms with van der Waals surface area (Å²) in [7, 11) is 0. The molecule has 4 aromatic rings. The second-order valence-corrected chi connectivity index (χ2v) is 8.39. The lowest BCUT2D eigenvalue weighted by Crippen LogP contribution is -2.21. The first-order valence-electron chi connectivity index (χ1n) is 10.1. The lowest BCUT2D eigenvalue weighted by Gasteiger charge is -2.14. The highest BCUT2D eigenvalue weighted by molar-refractivity contribution is 6.06. The Morgan fingerprint density at radius 2 is 1.65 bits per heavy atom. The van der Waals surface area contributed by atoms with Crippen LogP contribution in [-0.4, -0.2) is 22.1 Å². The molecule has 0 fully saturated rings. The number of amides is 2. The van der Waals surface area contributed by atoms with E-state index in [0.29, 0.717) is 11.4 Å². The molecule has 31 heavy (non-hydrogen) atoms. The molecule has 0 unspecified atom stereocenters. The number of benzene rings is 3. The van der Waals surface area contributed by atoms with Gasteiger partial charge in [0.15, 0.2) is 0 Å². The van der Waals surface area contributed by atoms with E-state index in [4.69, 9.17) is 5.10 Å². The molecular formula is C25H24N4O2. The van der Waals surface area contributed by atoms with E-state index >= 15 is 0 Å². The van der Waals surface area contributed by atoms with Gasteiger partial charge in [0.25, 0.3) is 0 Å². The van der Waals surface area contributed by atoms with Crippen molar-refractivity contribution in [2.24, 2.45) is 0 Å². The molecule has 0 spiro atoms. The van der Waals surface area contributed by atoms with Crippen LogP contribution in [0, 0.1) is 0 Å². The summed E-state index contributed by atoms with van der Waals surface area (Å²) in [5.41, 5.74) is 2.70.